The normalized spacial score (nSPS) is 31.8. The SMILES string of the molecule is CCCCC(C)CC(O)/C=C/C1C(O)CC2CC(CCOCC(=O)OC)CC21. The maximum atomic E-state index is 11.1. The molecule has 0 heterocycles. The topological polar surface area (TPSA) is 76.0 Å². The Morgan fingerprint density at radius 1 is 1.29 bits per heavy atom. The van der Waals surface area contributed by atoms with Crippen LogP contribution in [0.5, 0.6) is 0 Å². The number of hydrogen-bond acceptors (Lipinski definition) is 5. The van der Waals surface area contributed by atoms with Crippen LogP contribution >= 0.6 is 0 Å². The van der Waals surface area contributed by atoms with Gasteiger partial charge in [0.2, 0.25) is 0 Å². The van der Waals surface area contributed by atoms with E-state index in [2.05, 4.69) is 24.7 Å². The summed E-state index contributed by atoms with van der Waals surface area (Å²) in [7, 11) is 1.37. The third kappa shape index (κ3) is 7.16. The first-order valence-corrected chi connectivity index (χ1v) is 11.1. The van der Waals surface area contributed by atoms with E-state index in [4.69, 9.17) is 4.74 Å². The monoisotopic (exact) mass is 396 g/mol. The summed E-state index contributed by atoms with van der Waals surface area (Å²) >= 11 is 0. The van der Waals surface area contributed by atoms with Gasteiger partial charge < -0.3 is 19.7 Å². The van der Waals surface area contributed by atoms with E-state index in [1.807, 2.05) is 6.08 Å². The fraction of sp³-hybridized carbons (Fsp3) is 0.870. The number of unbranched alkanes of at least 4 members (excludes halogenated alkanes) is 1. The Morgan fingerprint density at radius 2 is 2.07 bits per heavy atom. The molecule has 2 fully saturated rings. The molecule has 7 atom stereocenters. The highest BCUT2D eigenvalue weighted by Crippen LogP contribution is 2.51. The number of esters is 1. The van der Waals surface area contributed by atoms with E-state index in [1.54, 1.807) is 0 Å². The third-order valence-corrected chi connectivity index (χ3v) is 6.70. The lowest BCUT2D eigenvalue weighted by Gasteiger charge is -2.20. The number of methoxy groups -OCH3 is 1. The highest BCUT2D eigenvalue weighted by atomic mass is 16.6. The number of carbonyl (C=O) groups is 1. The lowest BCUT2D eigenvalue weighted by molar-refractivity contribution is -0.146. The Kier molecular flexibility index (Phi) is 9.96. The van der Waals surface area contributed by atoms with Crippen molar-refractivity contribution in [3.63, 3.8) is 0 Å². The van der Waals surface area contributed by atoms with Crippen molar-refractivity contribution < 1.29 is 24.5 Å². The van der Waals surface area contributed by atoms with E-state index in [1.165, 1.54) is 20.0 Å². The number of aliphatic hydroxyl groups is 2. The average Bonchev–Trinajstić information content (AvgIpc) is 3.18. The van der Waals surface area contributed by atoms with Gasteiger partial charge in [0.05, 0.1) is 19.3 Å². The standard InChI is InChI=1S/C23H40O5/c1-4-5-6-16(2)11-19(24)7-8-20-21-13-17(12-18(21)14-22(20)25)9-10-28-15-23(26)27-3/h7-8,16-22,24-25H,4-6,9-15H2,1-3H3/b8-7+. The second-order valence-electron chi connectivity index (χ2n) is 8.99. The molecular weight excluding hydrogens is 356 g/mol. The van der Waals surface area contributed by atoms with E-state index in [0.717, 1.165) is 38.5 Å². The molecule has 0 amide bonds. The molecule has 2 aliphatic carbocycles. The van der Waals surface area contributed by atoms with Gasteiger partial charge in [-0.15, -0.1) is 0 Å². The van der Waals surface area contributed by atoms with Crippen LogP contribution in [0.1, 0.15) is 65.2 Å². The van der Waals surface area contributed by atoms with Crippen molar-refractivity contribution in [2.45, 2.75) is 77.4 Å². The van der Waals surface area contributed by atoms with Crippen LogP contribution in [0.15, 0.2) is 12.2 Å². The molecule has 28 heavy (non-hydrogen) atoms. The van der Waals surface area contributed by atoms with Gasteiger partial charge in [0.1, 0.15) is 6.61 Å². The molecule has 162 valence electrons. The maximum Gasteiger partial charge on any atom is 0.331 e. The second-order valence-corrected chi connectivity index (χ2v) is 8.99. The molecule has 0 aliphatic heterocycles. The molecule has 0 saturated heterocycles. The Balaban J connectivity index is 1.75. The van der Waals surface area contributed by atoms with Crippen LogP contribution in [0.4, 0.5) is 0 Å². The summed E-state index contributed by atoms with van der Waals surface area (Å²) in [5, 5.41) is 20.8. The highest BCUT2D eigenvalue weighted by Gasteiger charge is 2.46. The fourth-order valence-electron chi connectivity index (χ4n) is 5.16. The first kappa shape index (κ1) is 23.4. The van der Waals surface area contributed by atoms with Crippen LogP contribution in [0, 0.1) is 29.6 Å². The zero-order chi connectivity index (χ0) is 20.5. The van der Waals surface area contributed by atoms with Gasteiger partial charge in [-0.3, -0.25) is 0 Å². The van der Waals surface area contributed by atoms with Crippen LogP contribution in [0.25, 0.3) is 0 Å². The molecule has 5 nitrogen and oxygen atoms in total. The van der Waals surface area contributed by atoms with Crippen molar-refractivity contribution in [1.82, 2.24) is 0 Å². The van der Waals surface area contributed by atoms with Gasteiger partial charge >= 0.3 is 5.97 Å². The van der Waals surface area contributed by atoms with E-state index in [-0.39, 0.29) is 24.6 Å². The van der Waals surface area contributed by atoms with Crippen molar-refractivity contribution in [2.24, 2.45) is 29.6 Å². The van der Waals surface area contributed by atoms with Crippen molar-refractivity contribution in [2.75, 3.05) is 20.3 Å². The molecule has 2 N–H and O–H groups in total. The molecule has 7 unspecified atom stereocenters. The molecule has 5 heteroatoms. The molecular formula is C23H40O5. The number of aliphatic hydroxyl groups excluding tert-OH is 2. The van der Waals surface area contributed by atoms with Gasteiger partial charge in [-0.1, -0.05) is 45.3 Å². The van der Waals surface area contributed by atoms with Crippen molar-refractivity contribution in [3.05, 3.63) is 12.2 Å². The van der Waals surface area contributed by atoms with Crippen LogP contribution in [0.3, 0.4) is 0 Å². The quantitative estimate of drug-likeness (QED) is 0.299. The van der Waals surface area contributed by atoms with Gasteiger partial charge in [-0.25, -0.2) is 4.79 Å². The summed E-state index contributed by atoms with van der Waals surface area (Å²) in [5.74, 6) is 2.01. The number of rotatable bonds is 12. The van der Waals surface area contributed by atoms with E-state index >= 15 is 0 Å². The minimum Gasteiger partial charge on any atom is -0.467 e. The summed E-state index contributed by atoms with van der Waals surface area (Å²) in [6, 6.07) is 0. The van der Waals surface area contributed by atoms with Crippen molar-refractivity contribution in [3.8, 4) is 0 Å². The Bertz CT molecular complexity index is 491. The predicted octanol–water partition coefficient (Wildman–Crippen LogP) is 3.72. The number of carbonyl (C=O) groups excluding carboxylic acids is 1. The largest absolute Gasteiger partial charge is 0.467 e. The smallest absolute Gasteiger partial charge is 0.331 e. The molecule has 2 aliphatic rings. The third-order valence-electron chi connectivity index (χ3n) is 6.70. The van der Waals surface area contributed by atoms with Crippen LogP contribution in [-0.2, 0) is 14.3 Å². The lowest BCUT2D eigenvalue weighted by atomic mass is 9.89. The molecule has 0 aromatic heterocycles. The minimum absolute atomic E-state index is 0.0225. The Morgan fingerprint density at radius 3 is 2.79 bits per heavy atom. The Labute approximate surface area is 170 Å². The van der Waals surface area contributed by atoms with Gasteiger partial charge in [-0.05, 0) is 55.8 Å². The molecule has 2 rings (SSSR count). The summed E-state index contributed by atoms with van der Waals surface area (Å²) in [6.07, 6.45) is 11.7. The van der Waals surface area contributed by atoms with Crippen molar-refractivity contribution in [1.29, 1.82) is 0 Å². The van der Waals surface area contributed by atoms with E-state index in [9.17, 15) is 15.0 Å². The molecule has 0 spiro atoms. The molecule has 0 aromatic carbocycles. The van der Waals surface area contributed by atoms with E-state index in [0.29, 0.717) is 30.3 Å². The average molecular weight is 397 g/mol. The summed E-state index contributed by atoms with van der Waals surface area (Å²) in [5.41, 5.74) is 0. The first-order valence-electron chi connectivity index (χ1n) is 11.1. The Hall–Kier alpha value is -0.910. The zero-order valence-electron chi connectivity index (χ0n) is 17.9. The first-order chi connectivity index (χ1) is 13.4. The van der Waals surface area contributed by atoms with Gasteiger partial charge in [0.25, 0.3) is 0 Å². The lowest BCUT2D eigenvalue weighted by Crippen LogP contribution is -2.19. The van der Waals surface area contributed by atoms with Gasteiger partial charge in [0, 0.05) is 12.5 Å². The number of fused-ring (bicyclic) bond motifs is 1. The van der Waals surface area contributed by atoms with Gasteiger partial charge in [0.15, 0.2) is 0 Å². The fourth-order valence-corrected chi connectivity index (χ4v) is 5.16. The predicted molar refractivity (Wildman–Crippen MR) is 110 cm³/mol. The minimum atomic E-state index is -0.415. The summed E-state index contributed by atoms with van der Waals surface area (Å²) < 4.78 is 9.97. The number of ether oxygens (including phenoxy) is 2. The zero-order valence-corrected chi connectivity index (χ0v) is 17.9. The maximum absolute atomic E-state index is 11.1. The van der Waals surface area contributed by atoms with E-state index < -0.39 is 6.10 Å². The summed E-state index contributed by atoms with van der Waals surface area (Å²) in [6.45, 7) is 5.00. The van der Waals surface area contributed by atoms with Crippen LogP contribution < -0.4 is 0 Å². The summed E-state index contributed by atoms with van der Waals surface area (Å²) in [4.78, 5) is 11.1. The molecule has 0 aromatic rings. The van der Waals surface area contributed by atoms with Crippen LogP contribution in [-0.4, -0.2) is 48.7 Å². The molecule has 0 bridgehead atoms. The molecule has 0 radical (unpaired) electrons. The van der Waals surface area contributed by atoms with Crippen LogP contribution in [0.2, 0.25) is 0 Å². The molecule has 2 saturated carbocycles. The number of hydrogen-bond donors (Lipinski definition) is 2. The van der Waals surface area contributed by atoms with Gasteiger partial charge in [-0.2, -0.15) is 0 Å². The van der Waals surface area contributed by atoms with Crippen molar-refractivity contribution >= 4 is 5.97 Å². The highest BCUT2D eigenvalue weighted by molar-refractivity contribution is 5.70. The second kappa shape index (κ2) is 11.9.